The second kappa shape index (κ2) is 7.70. The molecule has 3 aromatic rings. The Bertz CT molecular complexity index is 946. The number of rotatable bonds is 4. The summed E-state index contributed by atoms with van der Waals surface area (Å²) in [6, 6.07) is 22.2. The molecule has 0 aromatic heterocycles. The number of para-hydroxylation sites is 2. The molecule has 27 heavy (non-hydrogen) atoms. The third-order valence-corrected chi connectivity index (χ3v) is 5.07. The number of benzene rings is 3. The van der Waals surface area contributed by atoms with E-state index in [4.69, 9.17) is 4.74 Å². The van der Waals surface area contributed by atoms with Gasteiger partial charge in [-0.15, -0.1) is 0 Å². The van der Waals surface area contributed by atoms with E-state index in [1.807, 2.05) is 60.4 Å². The number of anilines is 1. The topological polar surface area (TPSA) is 32.8 Å². The minimum absolute atomic E-state index is 0.110. The van der Waals surface area contributed by atoms with Gasteiger partial charge < -0.3 is 14.5 Å². The lowest BCUT2D eigenvalue weighted by Gasteiger charge is -2.36. The first kappa shape index (κ1) is 17.4. The summed E-state index contributed by atoms with van der Waals surface area (Å²) in [4.78, 5) is 17.2. The molecule has 0 unspecified atom stereocenters. The number of fused-ring (bicyclic) bond motifs is 1. The van der Waals surface area contributed by atoms with E-state index in [2.05, 4.69) is 23.1 Å². The maximum atomic E-state index is 12.9. The van der Waals surface area contributed by atoms with Crippen molar-refractivity contribution in [1.82, 2.24) is 4.90 Å². The molecular weight excluding hydrogens is 336 g/mol. The Labute approximate surface area is 160 Å². The van der Waals surface area contributed by atoms with Crippen molar-refractivity contribution in [2.24, 2.45) is 0 Å². The molecule has 1 aliphatic rings. The minimum atomic E-state index is 0.110. The first-order valence-electron chi connectivity index (χ1n) is 9.51. The molecule has 1 amide bonds. The molecule has 0 aliphatic carbocycles. The molecule has 1 heterocycles. The summed E-state index contributed by atoms with van der Waals surface area (Å²) in [5, 5.41) is 2.26. The Kier molecular flexibility index (Phi) is 4.97. The van der Waals surface area contributed by atoms with E-state index >= 15 is 0 Å². The van der Waals surface area contributed by atoms with Crippen LogP contribution in [0.3, 0.4) is 0 Å². The molecule has 1 aliphatic heterocycles. The van der Waals surface area contributed by atoms with Gasteiger partial charge in [-0.05, 0) is 42.0 Å². The summed E-state index contributed by atoms with van der Waals surface area (Å²) in [5.74, 6) is 1.02. The van der Waals surface area contributed by atoms with Crippen LogP contribution in [0.2, 0.25) is 0 Å². The second-order valence-electron chi connectivity index (χ2n) is 6.74. The number of amides is 1. The van der Waals surface area contributed by atoms with E-state index in [9.17, 15) is 4.79 Å². The van der Waals surface area contributed by atoms with E-state index in [-0.39, 0.29) is 5.91 Å². The number of nitrogens with zero attached hydrogens (tertiary/aromatic N) is 2. The monoisotopic (exact) mass is 360 g/mol. The SMILES string of the molecule is CCOc1ccccc1N1CCN(C(=O)c2ccc3ccccc3c2)CC1. The van der Waals surface area contributed by atoms with Crippen LogP contribution in [0.25, 0.3) is 10.8 Å². The Morgan fingerprint density at radius 3 is 2.37 bits per heavy atom. The van der Waals surface area contributed by atoms with Crippen molar-refractivity contribution in [3.8, 4) is 5.75 Å². The highest BCUT2D eigenvalue weighted by molar-refractivity contribution is 5.98. The van der Waals surface area contributed by atoms with Gasteiger partial charge >= 0.3 is 0 Å². The molecule has 4 rings (SSSR count). The van der Waals surface area contributed by atoms with Crippen LogP contribution in [0.5, 0.6) is 5.75 Å². The van der Waals surface area contributed by atoms with Gasteiger partial charge in [0.15, 0.2) is 0 Å². The van der Waals surface area contributed by atoms with Crippen molar-refractivity contribution in [1.29, 1.82) is 0 Å². The van der Waals surface area contributed by atoms with Crippen molar-refractivity contribution < 1.29 is 9.53 Å². The van der Waals surface area contributed by atoms with Gasteiger partial charge in [-0.2, -0.15) is 0 Å². The van der Waals surface area contributed by atoms with Crippen LogP contribution in [0.4, 0.5) is 5.69 Å². The fourth-order valence-corrected chi connectivity index (χ4v) is 3.65. The number of carbonyl (C=O) groups is 1. The molecule has 0 N–H and O–H groups in total. The summed E-state index contributed by atoms with van der Waals surface area (Å²) in [5.41, 5.74) is 1.87. The van der Waals surface area contributed by atoms with Crippen molar-refractivity contribution in [2.75, 3.05) is 37.7 Å². The third-order valence-electron chi connectivity index (χ3n) is 5.07. The van der Waals surface area contributed by atoms with Crippen LogP contribution in [0.1, 0.15) is 17.3 Å². The summed E-state index contributed by atoms with van der Waals surface area (Å²) in [6.07, 6.45) is 0. The highest BCUT2D eigenvalue weighted by Crippen LogP contribution is 2.29. The first-order valence-corrected chi connectivity index (χ1v) is 9.51. The lowest BCUT2D eigenvalue weighted by Crippen LogP contribution is -2.48. The highest BCUT2D eigenvalue weighted by Gasteiger charge is 2.23. The number of piperazine rings is 1. The molecule has 4 nitrogen and oxygen atoms in total. The lowest BCUT2D eigenvalue weighted by atomic mass is 10.1. The largest absolute Gasteiger partial charge is 0.492 e. The zero-order valence-corrected chi connectivity index (χ0v) is 15.6. The highest BCUT2D eigenvalue weighted by atomic mass is 16.5. The molecule has 3 aromatic carbocycles. The van der Waals surface area contributed by atoms with Gasteiger partial charge in [0.1, 0.15) is 5.75 Å². The molecule has 0 bridgehead atoms. The first-order chi connectivity index (χ1) is 13.3. The molecular formula is C23H24N2O2. The number of carbonyl (C=O) groups excluding carboxylic acids is 1. The van der Waals surface area contributed by atoms with Crippen LogP contribution in [0.15, 0.2) is 66.7 Å². The Balaban J connectivity index is 1.46. The molecule has 138 valence electrons. The van der Waals surface area contributed by atoms with Gasteiger partial charge in [0.2, 0.25) is 0 Å². The Hall–Kier alpha value is -3.01. The van der Waals surface area contributed by atoms with Crippen molar-refractivity contribution >= 4 is 22.4 Å². The zero-order valence-electron chi connectivity index (χ0n) is 15.6. The molecule has 0 radical (unpaired) electrons. The summed E-state index contributed by atoms with van der Waals surface area (Å²) in [6.45, 7) is 5.69. The standard InChI is InChI=1S/C23H24N2O2/c1-2-27-22-10-6-5-9-21(22)24-13-15-25(16-14-24)23(26)20-12-11-18-7-3-4-8-19(18)17-20/h3-12,17H,2,13-16H2,1H3. The van der Waals surface area contributed by atoms with E-state index in [0.717, 1.165) is 40.9 Å². The number of hydrogen-bond acceptors (Lipinski definition) is 3. The quantitative estimate of drug-likeness (QED) is 0.699. The predicted octanol–water partition coefficient (Wildman–Crippen LogP) is 4.20. The summed E-state index contributed by atoms with van der Waals surface area (Å²) in [7, 11) is 0. The van der Waals surface area contributed by atoms with E-state index < -0.39 is 0 Å². The van der Waals surface area contributed by atoms with Gasteiger partial charge in [0, 0.05) is 31.7 Å². The fraction of sp³-hybridized carbons (Fsp3) is 0.261. The van der Waals surface area contributed by atoms with Crippen molar-refractivity contribution in [3.63, 3.8) is 0 Å². The number of hydrogen-bond donors (Lipinski definition) is 0. The van der Waals surface area contributed by atoms with E-state index in [0.29, 0.717) is 19.7 Å². The number of ether oxygens (including phenoxy) is 1. The zero-order chi connectivity index (χ0) is 18.6. The molecule has 0 saturated carbocycles. The molecule has 1 saturated heterocycles. The summed E-state index contributed by atoms with van der Waals surface area (Å²) < 4.78 is 5.75. The summed E-state index contributed by atoms with van der Waals surface area (Å²) >= 11 is 0. The fourth-order valence-electron chi connectivity index (χ4n) is 3.65. The Morgan fingerprint density at radius 1 is 0.889 bits per heavy atom. The predicted molar refractivity (Wildman–Crippen MR) is 110 cm³/mol. The minimum Gasteiger partial charge on any atom is -0.492 e. The van der Waals surface area contributed by atoms with E-state index in [1.54, 1.807) is 0 Å². The van der Waals surface area contributed by atoms with Gasteiger partial charge in [-0.25, -0.2) is 0 Å². The molecule has 1 fully saturated rings. The van der Waals surface area contributed by atoms with E-state index in [1.165, 1.54) is 0 Å². The van der Waals surface area contributed by atoms with Crippen LogP contribution < -0.4 is 9.64 Å². The Morgan fingerprint density at radius 2 is 1.59 bits per heavy atom. The molecule has 0 spiro atoms. The van der Waals surface area contributed by atoms with Crippen LogP contribution in [-0.4, -0.2) is 43.6 Å². The van der Waals surface area contributed by atoms with Gasteiger partial charge in [-0.1, -0.05) is 42.5 Å². The second-order valence-corrected chi connectivity index (χ2v) is 6.74. The van der Waals surface area contributed by atoms with Gasteiger partial charge in [-0.3, -0.25) is 4.79 Å². The maximum Gasteiger partial charge on any atom is 0.253 e. The van der Waals surface area contributed by atoms with Crippen molar-refractivity contribution in [3.05, 3.63) is 72.3 Å². The third kappa shape index (κ3) is 3.61. The molecule has 0 atom stereocenters. The maximum absolute atomic E-state index is 12.9. The normalized spacial score (nSPS) is 14.4. The van der Waals surface area contributed by atoms with Crippen LogP contribution in [0, 0.1) is 0 Å². The average molecular weight is 360 g/mol. The van der Waals surface area contributed by atoms with Gasteiger partial charge in [0.25, 0.3) is 5.91 Å². The lowest BCUT2D eigenvalue weighted by molar-refractivity contribution is 0.0747. The molecule has 4 heteroatoms. The van der Waals surface area contributed by atoms with Crippen molar-refractivity contribution in [2.45, 2.75) is 6.92 Å². The van der Waals surface area contributed by atoms with Crippen LogP contribution in [-0.2, 0) is 0 Å². The smallest absolute Gasteiger partial charge is 0.253 e. The average Bonchev–Trinajstić information content (AvgIpc) is 2.74. The van der Waals surface area contributed by atoms with Gasteiger partial charge in [0.05, 0.1) is 12.3 Å². The van der Waals surface area contributed by atoms with Crippen LogP contribution >= 0.6 is 0 Å².